The van der Waals surface area contributed by atoms with Gasteiger partial charge in [0.2, 0.25) is 0 Å². The summed E-state index contributed by atoms with van der Waals surface area (Å²) in [6.07, 6.45) is 0. The zero-order chi connectivity index (χ0) is 13.3. The molecule has 0 atom stereocenters. The summed E-state index contributed by atoms with van der Waals surface area (Å²) in [5.41, 5.74) is -0.0717. The Morgan fingerprint density at radius 2 is 2.22 bits per heavy atom. The smallest absolute Gasteiger partial charge is 0.347 e. The molecule has 0 saturated heterocycles. The third-order valence-corrected chi connectivity index (χ3v) is 2.92. The van der Waals surface area contributed by atoms with Gasteiger partial charge in [0.25, 0.3) is 5.56 Å². The molecule has 0 amide bonds. The van der Waals surface area contributed by atoms with E-state index in [9.17, 15) is 14.7 Å². The first kappa shape index (κ1) is 12.4. The van der Waals surface area contributed by atoms with Crippen molar-refractivity contribution in [3.63, 3.8) is 0 Å². The molecule has 0 radical (unpaired) electrons. The molecule has 0 aliphatic rings. The van der Waals surface area contributed by atoms with E-state index in [1.807, 2.05) is 0 Å². The number of carbonyl (C=O) groups is 1. The normalized spacial score (nSPS) is 10.6. The highest BCUT2D eigenvalue weighted by Gasteiger charge is 2.20. The molecular formula is C12H10ClNO4. The second-order valence-electron chi connectivity index (χ2n) is 3.64. The van der Waals surface area contributed by atoms with E-state index >= 15 is 0 Å². The molecule has 0 aliphatic heterocycles. The van der Waals surface area contributed by atoms with Crippen LogP contribution in [0.4, 0.5) is 0 Å². The zero-order valence-corrected chi connectivity index (χ0v) is 10.2. The molecule has 1 aromatic carbocycles. The van der Waals surface area contributed by atoms with Crippen molar-refractivity contribution in [2.24, 2.45) is 0 Å². The number of carbonyl (C=O) groups excluding carboxylic acids is 1. The van der Waals surface area contributed by atoms with Crippen molar-refractivity contribution < 1.29 is 14.6 Å². The summed E-state index contributed by atoms with van der Waals surface area (Å²) in [6.45, 7) is 0. The quantitative estimate of drug-likeness (QED) is 0.642. The van der Waals surface area contributed by atoms with Crippen LogP contribution in [0.15, 0.2) is 23.0 Å². The highest BCUT2D eigenvalue weighted by atomic mass is 35.5. The fourth-order valence-corrected chi connectivity index (χ4v) is 2.03. The summed E-state index contributed by atoms with van der Waals surface area (Å²) in [6, 6.07) is 5.02. The predicted octanol–water partition coefficient (Wildman–Crippen LogP) is 1.76. The first-order valence-corrected chi connectivity index (χ1v) is 5.64. The van der Waals surface area contributed by atoms with E-state index in [4.69, 9.17) is 11.6 Å². The number of halogens is 1. The largest absolute Gasteiger partial charge is 0.506 e. The van der Waals surface area contributed by atoms with Gasteiger partial charge in [-0.2, -0.15) is 0 Å². The van der Waals surface area contributed by atoms with Crippen LogP contribution in [-0.2, 0) is 10.6 Å². The fourth-order valence-electron chi connectivity index (χ4n) is 1.80. The lowest BCUT2D eigenvalue weighted by Crippen LogP contribution is -2.19. The Morgan fingerprint density at radius 1 is 1.50 bits per heavy atom. The second-order valence-corrected chi connectivity index (χ2v) is 3.91. The lowest BCUT2D eigenvalue weighted by atomic mass is 10.1. The Labute approximate surface area is 107 Å². The van der Waals surface area contributed by atoms with Gasteiger partial charge in [0.1, 0.15) is 5.75 Å². The molecule has 0 unspecified atom stereocenters. The number of benzene rings is 1. The lowest BCUT2D eigenvalue weighted by Gasteiger charge is -2.08. The highest BCUT2D eigenvalue weighted by molar-refractivity contribution is 6.18. The first-order chi connectivity index (χ1) is 8.60. The number of aromatic hydroxyl groups is 1. The molecule has 94 valence electrons. The van der Waals surface area contributed by atoms with Crippen molar-refractivity contribution >= 4 is 28.5 Å². The van der Waals surface area contributed by atoms with Gasteiger partial charge in [-0.1, -0.05) is 12.1 Å². The lowest BCUT2D eigenvalue weighted by molar-refractivity contribution is 0.0595. The molecule has 1 heterocycles. The third kappa shape index (κ3) is 1.82. The van der Waals surface area contributed by atoms with E-state index in [2.05, 4.69) is 9.72 Å². The van der Waals surface area contributed by atoms with Gasteiger partial charge in [-0.3, -0.25) is 4.79 Å². The zero-order valence-electron chi connectivity index (χ0n) is 9.49. The van der Waals surface area contributed by atoms with Crippen LogP contribution in [0, 0.1) is 0 Å². The number of aromatic nitrogens is 1. The van der Waals surface area contributed by atoms with Crippen LogP contribution in [-0.4, -0.2) is 23.2 Å². The highest BCUT2D eigenvalue weighted by Crippen LogP contribution is 2.29. The summed E-state index contributed by atoms with van der Waals surface area (Å²) >= 11 is 5.76. The van der Waals surface area contributed by atoms with Gasteiger partial charge < -0.3 is 14.8 Å². The number of methoxy groups -OCH3 is 1. The molecule has 0 spiro atoms. The minimum atomic E-state index is -0.889. The summed E-state index contributed by atoms with van der Waals surface area (Å²) in [5.74, 6) is -1.14. The van der Waals surface area contributed by atoms with Crippen molar-refractivity contribution in [3.05, 3.63) is 39.7 Å². The maximum Gasteiger partial charge on any atom is 0.347 e. The minimum Gasteiger partial charge on any atom is -0.506 e. The van der Waals surface area contributed by atoms with E-state index in [-0.39, 0.29) is 5.88 Å². The summed E-state index contributed by atoms with van der Waals surface area (Å²) in [7, 11) is 1.14. The third-order valence-electron chi connectivity index (χ3n) is 2.63. The predicted molar refractivity (Wildman–Crippen MR) is 67.1 cm³/mol. The number of hydrogen-bond acceptors (Lipinski definition) is 4. The van der Waals surface area contributed by atoms with Crippen LogP contribution in [0.25, 0.3) is 10.9 Å². The molecule has 0 bridgehead atoms. The number of alkyl halides is 1. The van der Waals surface area contributed by atoms with Gasteiger partial charge in [0.15, 0.2) is 5.56 Å². The monoisotopic (exact) mass is 267 g/mol. The van der Waals surface area contributed by atoms with Crippen LogP contribution >= 0.6 is 11.6 Å². The van der Waals surface area contributed by atoms with Crippen molar-refractivity contribution in [1.82, 2.24) is 4.98 Å². The van der Waals surface area contributed by atoms with Gasteiger partial charge in [-0.25, -0.2) is 4.79 Å². The molecule has 2 N–H and O–H groups in total. The number of H-pyrrole nitrogens is 1. The number of esters is 1. The molecule has 5 nitrogen and oxygen atoms in total. The van der Waals surface area contributed by atoms with Crippen LogP contribution in [0.2, 0.25) is 0 Å². The molecule has 0 fully saturated rings. The van der Waals surface area contributed by atoms with Gasteiger partial charge in [-0.15, -0.1) is 11.6 Å². The molecule has 2 rings (SSSR count). The standard InChI is InChI=1S/C12H10ClNO4/c1-18-12(17)9-10(15)8-6(5-13)3-2-4-7(8)14-11(9)16/h2-4H,5H2,1H3,(H2,14,15,16). The van der Waals surface area contributed by atoms with Gasteiger partial charge in [-0.05, 0) is 11.6 Å². The number of hydrogen-bond donors (Lipinski definition) is 2. The second kappa shape index (κ2) is 4.70. The number of nitrogens with one attached hydrogen (secondary N) is 1. The maximum atomic E-state index is 11.7. The van der Waals surface area contributed by atoms with Crippen LogP contribution in [0.3, 0.4) is 0 Å². The Morgan fingerprint density at radius 3 is 2.83 bits per heavy atom. The molecule has 0 saturated carbocycles. The topological polar surface area (TPSA) is 79.4 Å². The summed E-state index contributed by atoms with van der Waals surface area (Å²) in [4.78, 5) is 25.7. The van der Waals surface area contributed by atoms with Crippen LogP contribution < -0.4 is 5.56 Å². The fraction of sp³-hybridized carbons (Fsp3) is 0.167. The van der Waals surface area contributed by atoms with Crippen molar-refractivity contribution in [1.29, 1.82) is 0 Å². The molecule has 6 heteroatoms. The number of fused-ring (bicyclic) bond motifs is 1. The summed E-state index contributed by atoms with van der Waals surface area (Å²) < 4.78 is 4.47. The Bertz CT molecular complexity index is 678. The Balaban J connectivity index is 2.91. The van der Waals surface area contributed by atoms with Gasteiger partial charge >= 0.3 is 5.97 Å². The Kier molecular flexibility index (Phi) is 3.25. The van der Waals surface area contributed by atoms with Gasteiger partial charge in [0.05, 0.1) is 12.6 Å². The number of ether oxygens (including phenoxy) is 1. The SMILES string of the molecule is COC(=O)c1c(O)c2c(CCl)cccc2[nH]c1=O. The average molecular weight is 268 g/mol. The van der Waals surface area contributed by atoms with E-state index in [0.29, 0.717) is 16.5 Å². The van der Waals surface area contributed by atoms with E-state index < -0.39 is 22.8 Å². The van der Waals surface area contributed by atoms with E-state index in [1.165, 1.54) is 0 Å². The van der Waals surface area contributed by atoms with Crippen LogP contribution in [0.5, 0.6) is 5.75 Å². The maximum absolute atomic E-state index is 11.7. The summed E-state index contributed by atoms with van der Waals surface area (Å²) in [5, 5.41) is 10.4. The van der Waals surface area contributed by atoms with Crippen molar-refractivity contribution in [2.45, 2.75) is 5.88 Å². The van der Waals surface area contributed by atoms with E-state index in [0.717, 1.165) is 7.11 Å². The van der Waals surface area contributed by atoms with Crippen molar-refractivity contribution in [2.75, 3.05) is 7.11 Å². The number of rotatable bonds is 2. The number of pyridine rings is 1. The average Bonchev–Trinajstić information content (AvgIpc) is 2.37. The molecule has 18 heavy (non-hydrogen) atoms. The molecule has 2 aromatic rings. The molecule has 0 aliphatic carbocycles. The molecule has 1 aromatic heterocycles. The van der Waals surface area contributed by atoms with Crippen LogP contribution in [0.1, 0.15) is 15.9 Å². The number of aromatic amines is 1. The Hall–Kier alpha value is -2.01. The van der Waals surface area contributed by atoms with Gasteiger partial charge in [0, 0.05) is 11.3 Å². The van der Waals surface area contributed by atoms with E-state index in [1.54, 1.807) is 18.2 Å². The van der Waals surface area contributed by atoms with Crippen molar-refractivity contribution in [3.8, 4) is 5.75 Å². The molecular weight excluding hydrogens is 258 g/mol. The minimum absolute atomic E-state index is 0.150. The first-order valence-electron chi connectivity index (χ1n) is 5.11.